The summed E-state index contributed by atoms with van der Waals surface area (Å²) in [6, 6.07) is 1.13. The van der Waals surface area contributed by atoms with E-state index in [1.54, 1.807) is 0 Å². The first-order valence-corrected chi connectivity index (χ1v) is 6.37. The number of carbonyl (C=O) groups is 1. The molecular weight excluding hydrogens is 204 g/mol. The fourth-order valence-electron chi connectivity index (χ4n) is 2.72. The van der Waals surface area contributed by atoms with Crippen molar-refractivity contribution in [3.05, 3.63) is 0 Å². The minimum Gasteiger partial charge on any atom is -0.369 e. The second-order valence-corrected chi connectivity index (χ2v) is 4.81. The Labute approximate surface area is 97.3 Å². The van der Waals surface area contributed by atoms with E-state index in [4.69, 9.17) is 4.74 Å². The Hall–Kier alpha value is -0.610. The summed E-state index contributed by atoms with van der Waals surface area (Å²) in [6.45, 7) is 6.11. The van der Waals surface area contributed by atoms with E-state index in [0.717, 1.165) is 19.5 Å². The van der Waals surface area contributed by atoms with Crippen LogP contribution in [0, 0.1) is 0 Å². The molecule has 2 rings (SSSR count). The third-order valence-electron chi connectivity index (χ3n) is 3.60. The Morgan fingerprint density at radius 3 is 2.94 bits per heavy atom. The van der Waals surface area contributed by atoms with Gasteiger partial charge in [-0.15, -0.1) is 0 Å². The van der Waals surface area contributed by atoms with Gasteiger partial charge in [0.1, 0.15) is 6.10 Å². The van der Waals surface area contributed by atoms with Crippen LogP contribution in [-0.2, 0) is 9.53 Å². The summed E-state index contributed by atoms with van der Waals surface area (Å²) in [5.74, 6) is 0.149. The molecule has 0 aromatic carbocycles. The van der Waals surface area contributed by atoms with Crippen molar-refractivity contribution in [2.24, 2.45) is 0 Å². The highest BCUT2D eigenvalue weighted by atomic mass is 16.5. The quantitative estimate of drug-likeness (QED) is 0.772. The molecule has 3 atom stereocenters. The van der Waals surface area contributed by atoms with Gasteiger partial charge < -0.3 is 15.0 Å². The SMILES string of the molecule is CCOC(C)C(=O)N1CCC2CCC(C1)N2. The maximum atomic E-state index is 12.1. The summed E-state index contributed by atoms with van der Waals surface area (Å²) >= 11 is 0. The number of nitrogens with zero attached hydrogens (tertiary/aromatic N) is 1. The van der Waals surface area contributed by atoms with Crippen molar-refractivity contribution >= 4 is 5.91 Å². The van der Waals surface area contributed by atoms with Crippen molar-refractivity contribution in [3.63, 3.8) is 0 Å². The lowest BCUT2D eigenvalue weighted by atomic mass is 10.1. The first kappa shape index (κ1) is 11.9. The second kappa shape index (κ2) is 5.15. The number of fused-ring (bicyclic) bond motifs is 2. The van der Waals surface area contributed by atoms with Gasteiger partial charge in [-0.2, -0.15) is 0 Å². The smallest absolute Gasteiger partial charge is 0.251 e. The maximum Gasteiger partial charge on any atom is 0.251 e. The zero-order valence-electron chi connectivity index (χ0n) is 10.2. The van der Waals surface area contributed by atoms with Gasteiger partial charge in [0.15, 0.2) is 0 Å². The predicted octanol–water partition coefficient (Wildman–Crippen LogP) is 0.764. The van der Waals surface area contributed by atoms with Crippen molar-refractivity contribution in [3.8, 4) is 0 Å². The number of carbonyl (C=O) groups excluding carboxylic acids is 1. The molecule has 3 unspecified atom stereocenters. The van der Waals surface area contributed by atoms with Crippen LogP contribution in [0.25, 0.3) is 0 Å². The fraction of sp³-hybridized carbons (Fsp3) is 0.917. The number of ether oxygens (including phenoxy) is 1. The van der Waals surface area contributed by atoms with Crippen LogP contribution in [0.5, 0.6) is 0 Å². The van der Waals surface area contributed by atoms with Crippen molar-refractivity contribution in [1.29, 1.82) is 0 Å². The Morgan fingerprint density at radius 1 is 1.44 bits per heavy atom. The number of nitrogens with one attached hydrogen (secondary N) is 1. The molecule has 16 heavy (non-hydrogen) atoms. The van der Waals surface area contributed by atoms with E-state index < -0.39 is 0 Å². The van der Waals surface area contributed by atoms with E-state index in [0.29, 0.717) is 18.7 Å². The average Bonchev–Trinajstić information content (AvgIpc) is 2.58. The summed E-state index contributed by atoms with van der Waals surface area (Å²) < 4.78 is 5.37. The van der Waals surface area contributed by atoms with Gasteiger partial charge in [0.05, 0.1) is 0 Å². The Morgan fingerprint density at radius 2 is 2.19 bits per heavy atom. The normalized spacial score (nSPS) is 31.2. The molecule has 2 heterocycles. The zero-order valence-corrected chi connectivity index (χ0v) is 10.2. The largest absolute Gasteiger partial charge is 0.369 e. The van der Waals surface area contributed by atoms with Crippen LogP contribution >= 0.6 is 0 Å². The monoisotopic (exact) mass is 226 g/mol. The molecule has 1 N–H and O–H groups in total. The van der Waals surface area contributed by atoms with Gasteiger partial charge in [0.25, 0.3) is 5.91 Å². The summed E-state index contributed by atoms with van der Waals surface area (Å²) in [7, 11) is 0. The van der Waals surface area contributed by atoms with E-state index in [9.17, 15) is 4.79 Å². The molecule has 0 aromatic heterocycles. The molecule has 0 radical (unpaired) electrons. The van der Waals surface area contributed by atoms with Crippen molar-refractivity contribution < 1.29 is 9.53 Å². The Balaban J connectivity index is 1.91. The molecule has 2 aliphatic heterocycles. The molecule has 0 spiro atoms. The third-order valence-corrected chi connectivity index (χ3v) is 3.60. The van der Waals surface area contributed by atoms with Crippen molar-refractivity contribution in [1.82, 2.24) is 10.2 Å². The highest BCUT2D eigenvalue weighted by molar-refractivity contribution is 5.80. The summed E-state index contributed by atoms with van der Waals surface area (Å²) in [4.78, 5) is 14.1. The summed E-state index contributed by atoms with van der Waals surface area (Å²) in [6.07, 6.45) is 3.27. The topological polar surface area (TPSA) is 41.6 Å². The van der Waals surface area contributed by atoms with Gasteiger partial charge in [-0.1, -0.05) is 0 Å². The molecule has 92 valence electrons. The van der Waals surface area contributed by atoms with E-state index in [2.05, 4.69) is 5.32 Å². The first-order chi connectivity index (χ1) is 7.70. The van der Waals surface area contributed by atoms with Gasteiger partial charge in [-0.25, -0.2) is 0 Å². The van der Waals surface area contributed by atoms with Gasteiger partial charge in [0.2, 0.25) is 0 Å². The molecule has 1 amide bonds. The molecule has 2 fully saturated rings. The van der Waals surface area contributed by atoms with Crippen LogP contribution < -0.4 is 5.32 Å². The van der Waals surface area contributed by atoms with Crippen LogP contribution in [0.3, 0.4) is 0 Å². The van der Waals surface area contributed by atoms with E-state index in [1.807, 2.05) is 18.7 Å². The maximum absolute atomic E-state index is 12.1. The number of likely N-dealkylation sites (tertiary alicyclic amines) is 1. The highest BCUT2D eigenvalue weighted by Gasteiger charge is 2.32. The molecule has 0 saturated carbocycles. The highest BCUT2D eigenvalue weighted by Crippen LogP contribution is 2.20. The Bertz CT molecular complexity index is 257. The molecule has 2 aliphatic rings. The molecular formula is C12H22N2O2. The van der Waals surface area contributed by atoms with Gasteiger partial charge in [-0.05, 0) is 33.1 Å². The molecule has 2 saturated heterocycles. The van der Waals surface area contributed by atoms with Gasteiger partial charge >= 0.3 is 0 Å². The van der Waals surface area contributed by atoms with Crippen molar-refractivity contribution in [2.45, 2.75) is 51.3 Å². The van der Waals surface area contributed by atoms with Gasteiger partial charge in [0, 0.05) is 31.8 Å². The second-order valence-electron chi connectivity index (χ2n) is 4.81. The number of hydrogen-bond acceptors (Lipinski definition) is 3. The van der Waals surface area contributed by atoms with Crippen LogP contribution in [-0.4, -0.2) is 48.7 Å². The van der Waals surface area contributed by atoms with E-state index in [1.165, 1.54) is 12.8 Å². The third kappa shape index (κ3) is 2.55. The predicted molar refractivity (Wildman–Crippen MR) is 62.2 cm³/mol. The standard InChI is InChI=1S/C12H22N2O2/c1-3-16-9(2)12(15)14-7-6-10-4-5-11(8-14)13-10/h9-11,13H,3-8H2,1-2H3. The van der Waals surface area contributed by atoms with Gasteiger partial charge in [-0.3, -0.25) is 4.79 Å². The zero-order chi connectivity index (χ0) is 11.5. The van der Waals surface area contributed by atoms with Crippen LogP contribution in [0.4, 0.5) is 0 Å². The molecule has 2 bridgehead atoms. The van der Waals surface area contributed by atoms with E-state index >= 15 is 0 Å². The molecule has 4 heteroatoms. The van der Waals surface area contributed by atoms with Crippen LogP contribution in [0.1, 0.15) is 33.1 Å². The molecule has 4 nitrogen and oxygen atoms in total. The van der Waals surface area contributed by atoms with Crippen molar-refractivity contribution in [2.75, 3.05) is 19.7 Å². The van der Waals surface area contributed by atoms with Crippen LogP contribution in [0.15, 0.2) is 0 Å². The van der Waals surface area contributed by atoms with E-state index in [-0.39, 0.29) is 12.0 Å². The average molecular weight is 226 g/mol. The molecule has 0 aliphatic carbocycles. The first-order valence-electron chi connectivity index (χ1n) is 6.37. The lowest BCUT2D eigenvalue weighted by Crippen LogP contribution is -2.43. The number of amides is 1. The fourth-order valence-corrected chi connectivity index (χ4v) is 2.72. The Kier molecular flexibility index (Phi) is 3.82. The molecule has 0 aromatic rings. The lowest BCUT2D eigenvalue weighted by molar-refractivity contribution is -0.142. The van der Waals surface area contributed by atoms with Crippen LogP contribution in [0.2, 0.25) is 0 Å². The summed E-state index contributed by atoms with van der Waals surface area (Å²) in [5.41, 5.74) is 0. The number of hydrogen-bond donors (Lipinski definition) is 1. The number of rotatable bonds is 3. The minimum absolute atomic E-state index is 0.149. The summed E-state index contributed by atoms with van der Waals surface area (Å²) in [5, 5.41) is 3.57. The lowest BCUT2D eigenvalue weighted by Gasteiger charge is -2.26. The minimum atomic E-state index is -0.290.